The molecule has 0 bridgehead atoms. The van der Waals surface area contributed by atoms with Gasteiger partial charge in [0.15, 0.2) is 0 Å². The van der Waals surface area contributed by atoms with Crippen molar-refractivity contribution in [2.75, 3.05) is 0 Å². The summed E-state index contributed by atoms with van der Waals surface area (Å²) in [5, 5.41) is 0. The third kappa shape index (κ3) is 632. The molecule has 0 aromatic rings. The third-order valence-corrected chi connectivity index (χ3v) is 3.13. The second-order valence-electron chi connectivity index (χ2n) is 8.02. The van der Waals surface area contributed by atoms with Crippen molar-refractivity contribution in [2.45, 2.75) is 290 Å². The third-order valence-electron chi connectivity index (χ3n) is 3.13. The number of unbranched alkanes of at least 4 members (excludes halogenated alkanes) is 3. The van der Waals surface area contributed by atoms with Gasteiger partial charge in [0.05, 0.1) is 0 Å². The van der Waals surface area contributed by atoms with E-state index < -0.39 is 0 Å². The van der Waals surface area contributed by atoms with E-state index in [0.717, 1.165) is 11.8 Å². The number of hydrogen-bond donors (Lipinski definition) is 0. The van der Waals surface area contributed by atoms with E-state index in [9.17, 15) is 0 Å². The zero-order valence-electron chi connectivity index (χ0n) is 39.7. The second-order valence-corrected chi connectivity index (χ2v) is 8.02. The summed E-state index contributed by atoms with van der Waals surface area (Å²) in [5.74, 6) is 1.77. The maximum Gasteiger partial charge on any atom is 0 e. The van der Waals surface area contributed by atoms with Gasteiger partial charge in [-0.05, 0) is 11.8 Å². The molecule has 0 saturated carbocycles. The van der Waals surface area contributed by atoms with Crippen LogP contribution in [-0.4, -0.2) is 0 Å². The molecular weight excluding hydrogens is 1370 g/mol. The molecule has 21 heteroatoms. The topological polar surface area (TPSA) is 0 Å². The molecule has 0 radical (unpaired) electrons. The molecule has 0 nitrogen and oxygen atoms in total. The molecule has 0 spiro atoms. The van der Waals surface area contributed by atoms with E-state index in [-0.39, 0.29) is 852 Å². The average Bonchev–Trinajstić information content (AvgIpc) is 2.94. The quantitative estimate of drug-likeness (QED) is 0.257. The van der Waals surface area contributed by atoms with E-state index in [4.69, 9.17) is 0 Å². The van der Waals surface area contributed by atoms with Crippen LogP contribution < -0.4 is 0 Å². The smallest absolute Gasteiger partial charge is 0 e. The minimum absolute atomic E-state index is 0. The Hall–Kier alpha value is 26.5. The van der Waals surface area contributed by atoms with Crippen molar-refractivity contribution < 1.29 is 793 Å². The Labute approximate surface area is 1060 Å². The van der Waals surface area contributed by atoms with Crippen LogP contribution in [0.3, 0.4) is 0 Å². The van der Waals surface area contributed by atoms with Crippen LogP contribution >= 0.6 is 0 Å². The minimum Gasteiger partial charge on any atom is -0.0776 e. The van der Waals surface area contributed by atoms with Gasteiger partial charge in [0.1, 0.15) is 0 Å². The van der Waals surface area contributed by atoms with Crippen LogP contribution in [0.1, 0.15) is 290 Å². The normalized spacial score (nSPS) is 3.78. The molecule has 0 aliphatic carbocycles. The van der Waals surface area contributed by atoms with Crippen LogP contribution in [0, 0.1) is 804 Å². The molecule has 470 valence electrons. The summed E-state index contributed by atoms with van der Waals surface area (Å²) in [7, 11) is 0. The summed E-state index contributed by atoms with van der Waals surface area (Å²) >= 11 is 0. The summed E-state index contributed by atoms with van der Waals surface area (Å²) in [4.78, 5) is 0. The van der Waals surface area contributed by atoms with Crippen molar-refractivity contribution in [1.29, 1.82) is 0 Å². The molecule has 0 fully saturated rings. The van der Waals surface area contributed by atoms with Gasteiger partial charge >= 0.3 is 0 Å². The zero-order valence-corrected chi connectivity index (χ0v) is 54.5. The Morgan fingerprint density at radius 2 is 0.215 bits per heavy atom. The molecule has 0 amide bonds. The molecule has 0 aromatic carbocycles. The SMILES string of the molecule is C.C.C.C.C.C.C.C.CC.CC.CC.CC.CCC.CCC.CCC(C)C.CCC(C)C.CCCC.CCCC.CCCC.[Ar].[Ar].[Ar].[Ar].[Ar].[Ar].[Ar].[Ar].[Ar].[Ar].[Ar].[Ar].[Ar].[Ar].[Ar].[Ar].[Ar].[Ar].[Ar].[Ar].[Ar]. The molecule has 0 aliphatic rings. The van der Waals surface area contributed by atoms with Gasteiger partial charge in [-0.15, -0.1) is 0 Å². The Balaban J connectivity index is -0.00000000269. The van der Waals surface area contributed by atoms with E-state index in [2.05, 4.69) is 111 Å². The maximum atomic E-state index is 2.22. The Morgan fingerprint density at radius 3 is 0.215 bits per heavy atom. The van der Waals surface area contributed by atoms with Crippen LogP contribution in [0.25, 0.3) is 0 Å². The van der Waals surface area contributed by atoms with Gasteiger partial charge < -0.3 is 0 Å². The van der Waals surface area contributed by atoms with Crippen molar-refractivity contribution in [3.05, 3.63) is 0 Å². The molecule has 0 saturated heterocycles. The predicted octanol–water partition coefficient (Wildman–Crippen LogP) is 21.6. The molecule has 0 rings (SSSR count). The molecule has 65 heavy (non-hydrogen) atoms. The Bertz CT molecular complexity index is 157. The summed E-state index contributed by atoms with van der Waals surface area (Å²) in [5.41, 5.74) is 0. The first-order valence-corrected chi connectivity index (χ1v) is 17.1. The van der Waals surface area contributed by atoms with E-state index in [1.807, 2.05) is 55.4 Å². The second kappa shape index (κ2) is 402. The van der Waals surface area contributed by atoms with Crippen molar-refractivity contribution in [1.82, 2.24) is 0 Å². The largest absolute Gasteiger partial charge is 0.0776 e. The first-order valence-electron chi connectivity index (χ1n) is 17.1. The molecule has 0 heterocycles. The van der Waals surface area contributed by atoms with Crippen LogP contribution in [0.5, 0.6) is 0 Å². The van der Waals surface area contributed by atoms with Crippen LogP contribution in [0.4, 0.5) is 0 Å². The maximum absolute atomic E-state index is 2.22. The van der Waals surface area contributed by atoms with Gasteiger partial charge in [-0.3, -0.25) is 0 Å². The van der Waals surface area contributed by atoms with E-state index >= 15 is 0 Å². The Kier molecular flexibility index (Phi) is 1750. The van der Waals surface area contributed by atoms with Gasteiger partial charge in [-0.1, -0.05) is 290 Å². The molecule has 0 aromatic heterocycles. The van der Waals surface area contributed by atoms with Crippen LogP contribution in [0.2, 0.25) is 0 Å². The van der Waals surface area contributed by atoms with E-state index in [1.165, 1.54) is 64.2 Å². The van der Waals surface area contributed by atoms with Gasteiger partial charge in [0.25, 0.3) is 0 Å². The monoisotopic (exact) mass is 1490 g/mol. The molecule has 0 atom stereocenters. The number of rotatable bonds is 5. The van der Waals surface area contributed by atoms with Gasteiger partial charge in [-0.2, -0.15) is 0 Å². The van der Waals surface area contributed by atoms with Gasteiger partial charge in [0.2, 0.25) is 0 Å². The van der Waals surface area contributed by atoms with E-state index in [0.29, 0.717) is 0 Å². The van der Waals surface area contributed by atoms with Crippen molar-refractivity contribution in [3.63, 3.8) is 0 Å². The molecule has 0 N–H and O–H groups in total. The van der Waals surface area contributed by atoms with Gasteiger partial charge in [-0.25, -0.2) is 0 Å². The molecular formula is C44H126Ar21. The summed E-state index contributed by atoms with van der Waals surface area (Å²) < 4.78 is 0. The van der Waals surface area contributed by atoms with Crippen molar-refractivity contribution >= 4 is 0 Å². The fourth-order valence-electron chi connectivity index (χ4n) is 0. The zero-order chi connectivity index (χ0) is 32.2. The predicted molar refractivity (Wildman–Crippen MR) is 243 cm³/mol. The average molecular weight is 1490 g/mol. The standard InChI is InChI=1S/2C5H12.3C4H10.2C3H8.4C2H6.8CH4.21Ar/c2*1-4-5(2)3;3*1-3-4-2;2*1-3-2;4*1-2;;;;;;;;;;;;;;;;;;;;;;;;;;;;;/h2*5H,4H2,1-3H3;3*3-4H2,1-2H3;2*3H2,1-2H3;4*1-2H3;8*1H4;;;;;;;;;;;;;;;;;;;;;. The first-order chi connectivity index (χ1) is 17.1. The van der Waals surface area contributed by atoms with Crippen LogP contribution in [-0.2, 0) is 0 Å². The van der Waals surface area contributed by atoms with Crippen LogP contribution in [0.15, 0.2) is 0 Å². The first kappa shape index (κ1) is 283. The fraction of sp³-hybridized carbons (Fsp3) is 1.00. The summed E-state index contributed by atoms with van der Waals surface area (Å²) in [6.07, 6.45) is 13.0. The fourth-order valence-corrected chi connectivity index (χ4v) is 0. The summed E-state index contributed by atoms with van der Waals surface area (Å²) in [6.45, 7) is 50.9. The van der Waals surface area contributed by atoms with E-state index in [1.54, 1.807) is 0 Å². The van der Waals surface area contributed by atoms with Crippen molar-refractivity contribution in [3.8, 4) is 0 Å². The Morgan fingerprint density at radius 1 is 0.185 bits per heavy atom. The minimum atomic E-state index is 0. The molecule has 0 unspecified atom stereocenters. The van der Waals surface area contributed by atoms with Gasteiger partial charge in [0, 0.05) is 793 Å². The molecule has 0 aliphatic heterocycles. The van der Waals surface area contributed by atoms with Crippen molar-refractivity contribution in [2.24, 2.45) is 11.8 Å². The summed E-state index contributed by atoms with van der Waals surface area (Å²) in [6, 6.07) is 0. The number of hydrogen-bond acceptors (Lipinski definition) is 0.